The van der Waals surface area contributed by atoms with Crippen LogP contribution < -0.4 is 0 Å². The van der Waals surface area contributed by atoms with E-state index in [1.165, 1.54) is 25.3 Å². The van der Waals surface area contributed by atoms with E-state index in [0.717, 1.165) is 0 Å². The summed E-state index contributed by atoms with van der Waals surface area (Å²) in [7, 11) is 1.26. The van der Waals surface area contributed by atoms with Crippen molar-refractivity contribution in [1.82, 2.24) is 19.6 Å². The maximum absolute atomic E-state index is 11.9. The second-order valence-corrected chi connectivity index (χ2v) is 8.62. The fraction of sp³-hybridized carbons (Fsp3) is 0.565. The number of carbonyl (C=O) groups is 4. The molecule has 1 aliphatic heterocycles. The Kier molecular flexibility index (Phi) is 11.5. The van der Waals surface area contributed by atoms with E-state index >= 15 is 0 Å². The average Bonchev–Trinajstić information content (AvgIpc) is 2.80. The highest BCUT2D eigenvalue weighted by Gasteiger charge is 2.21. The maximum Gasteiger partial charge on any atom is 0.337 e. The Labute approximate surface area is 209 Å². The van der Waals surface area contributed by atoms with Gasteiger partial charge in [0.15, 0.2) is 0 Å². The summed E-state index contributed by atoms with van der Waals surface area (Å²) in [6.45, 7) is 2.31. The second kappa shape index (κ2) is 14.3. The van der Waals surface area contributed by atoms with E-state index in [9.17, 15) is 39.6 Å². The van der Waals surface area contributed by atoms with Crippen LogP contribution in [0.5, 0.6) is 5.75 Å². The lowest BCUT2D eigenvalue weighted by atomic mass is 10.1. The number of carboxylic acids is 3. The first-order valence-corrected chi connectivity index (χ1v) is 11.5. The third kappa shape index (κ3) is 10.2. The largest absolute Gasteiger partial charge is 0.508 e. The van der Waals surface area contributed by atoms with Crippen molar-refractivity contribution in [3.05, 3.63) is 29.3 Å². The lowest BCUT2D eigenvalue weighted by Gasteiger charge is -2.33. The summed E-state index contributed by atoms with van der Waals surface area (Å²) in [6, 6.07) is 4.39. The molecule has 200 valence electrons. The topological polar surface area (TPSA) is 171 Å². The van der Waals surface area contributed by atoms with Crippen LogP contribution in [0.15, 0.2) is 18.2 Å². The summed E-state index contributed by atoms with van der Waals surface area (Å²) in [5.74, 6) is -3.58. The molecule has 0 radical (unpaired) electrons. The van der Waals surface area contributed by atoms with E-state index in [4.69, 9.17) is 4.74 Å². The summed E-state index contributed by atoms with van der Waals surface area (Å²) in [5, 5.41) is 38.2. The molecule has 1 fully saturated rings. The molecule has 0 bridgehead atoms. The Morgan fingerprint density at radius 3 is 1.47 bits per heavy atom. The van der Waals surface area contributed by atoms with E-state index in [1.807, 2.05) is 4.90 Å². The van der Waals surface area contributed by atoms with Crippen LogP contribution in [-0.4, -0.2) is 143 Å². The molecular formula is C23H34N4O9. The molecule has 0 aliphatic carbocycles. The second-order valence-electron chi connectivity index (χ2n) is 8.62. The van der Waals surface area contributed by atoms with Gasteiger partial charge in [0.25, 0.3) is 0 Å². The molecule has 0 saturated carbocycles. The van der Waals surface area contributed by atoms with Gasteiger partial charge in [-0.1, -0.05) is 0 Å². The molecule has 1 aliphatic rings. The number of hydrogen-bond acceptors (Lipinski definition) is 10. The lowest BCUT2D eigenvalue weighted by Crippen LogP contribution is -2.48. The fourth-order valence-electron chi connectivity index (χ4n) is 3.98. The zero-order valence-corrected chi connectivity index (χ0v) is 20.3. The van der Waals surface area contributed by atoms with Crippen LogP contribution in [0.2, 0.25) is 0 Å². The molecule has 2 rings (SSSR count). The van der Waals surface area contributed by atoms with Gasteiger partial charge in [-0.05, 0) is 18.2 Å². The molecule has 1 heterocycles. The Balaban J connectivity index is 2.25. The van der Waals surface area contributed by atoms with Crippen LogP contribution in [0.4, 0.5) is 0 Å². The summed E-state index contributed by atoms with van der Waals surface area (Å²) in [6.07, 6.45) is 0. The van der Waals surface area contributed by atoms with Crippen LogP contribution in [0.25, 0.3) is 0 Å². The quantitative estimate of drug-likeness (QED) is 0.303. The number of carbonyl (C=O) groups excluding carboxylic acids is 1. The number of nitrogens with zero attached hydrogens (tertiary/aromatic N) is 4. The smallest absolute Gasteiger partial charge is 0.337 e. The number of aromatic hydroxyl groups is 1. The van der Waals surface area contributed by atoms with Gasteiger partial charge in [0, 0.05) is 64.5 Å². The molecule has 1 saturated heterocycles. The molecular weight excluding hydrogens is 476 g/mol. The molecule has 0 spiro atoms. The van der Waals surface area contributed by atoms with Crippen molar-refractivity contribution in [2.75, 3.05) is 79.1 Å². The summed E-state index contributed by atoms with van der Waals surface area (Å²) < 4.78 is 4.75. The number of esters is 1. The van der Waals surface area contributed by atoms with E-state index in [2.05, 4.69) is 0 Å². The first-order valence-electron chi connectivity index (χ1n) is 11.5. The van der Waals surface area contributed by atoms with Gasteiger partial charge in [0.1, 0.15) is 5.75 Å². The van der Waals surface area contributed by atoms with Gasteiger partial charge < -0.3 is 25.2 Å². The summed E-state index contributed by atoms with van der Waals surface area (Å²) in [5.41, 5.74) is 0.755. The molecule has 4 N–H and O–H groups in total. The zero-order chi connectivity index (χ0) is 26.7. The first kappa shape index (κ1) is 29.0. The van der Waals surface area contributed by atoms with Crippen molar-refractivity contribution < 1.29 is 44.3 Å². The highest BCUT2D eigenvalue weighted by atomic mass is 16.5. The molecule has 36 heavy (non-hydrogen) atoms. The van der Waals surface area contributed by atoms with E-state index < -0.39 is 23.9 Å². The van der Waals surface area contributed by atoms with Gasteiger partial charge in [-0.25, -0.2) is 4.79 Å². The van der Waals surface area contributed by atoms with Crippen LogP contribution in [0.3, 0.4) is 0 Å². The van der Waals surface area contributed by atoms with Gasteiger partial charge in [-0.15, -0.1) is 0 Å². The minimum atomic E-state index is -1.02. The standard InChI is InChI=1S/C23H34N4O9/c1-36-23(35)17-2-3-19(28)18(12-17)13-24-4-6-25(14-20(29)30)8-10-27(16-22(33)34)11-9-26(7-5-24)15-21(31)32/h2-3,12,28H,4-11,13-16H2,1H3,(H,29,30)(H,31,32)(H,33,34). The van der Waals surface area contributed by atoms with Crippen molar-refractivity contribution in [2.45, 2.75) is 6.54 Å². The van der Waals surface area contributed by atoms with Gasteiger partial charge >= 0.3 is 23.9 Å². The van der Waals surface area contributed by atoms with Gasteiger partial charge in [-0.3, -0.25) is 34.0 Å². The molecule has 0 atom stereocenters. The van der Waals surface area contributed by atoms with Crippen molar-refractivity contribution >= 4 is 23.9 Å². The number of rotatable bonds is 9. The number of phenolic OH excluding ortho intramolecular Hbond substituents is 1. The number of ether oxygens (including phenoxy) is 1. The van der Waals surface area contributed by atoms with Crippen LogP contribution >= 0.6 is 0 Å². The molecule has 0 amide bonds. The van der Waals surface area contributed by atoms with Crippen molar-refractivity contribution in [2.24, 2.45) is 0 Å². The predicted octanol–water partition coefficient (Wildman–Crippen LogP) is -0.846. The SMILES string of the molecule is COC(=O)c1ccc(O)c(CN2CCN(CC(=O)O)CCN(CC(=O)O)CCN(CC(=O)O)CC2)c1. The van der Waals surface area contributed by atoms with Crippen LogP contribution in [0.1, 0.15) is 15.9 Å². The Morgan fingerprint density at radius 1 is 0.722 bits per heavy atom. The molecule has 0 unspecified atom stereocenters. The van der Waals surface area contributed by atoms with Gasteiger partial charge in [-0.2, -0.15) is 0 Å². The van der Waals surface area contributed by atoms with Gasteiger partial charge in [0.05, 0.1) is 32.3 Å². The average molecular weight is 511 g/mol. The third-order valence-corrected chi connectivity index (χ3v) is 5.90. The monoisotopic (exact) mass is 510 g/mol. The molecule has 0 aromatic heterocycles. The van der Waals surface area contributed by atoms with Crippen LogP contribution in [-0.2, 0) is 25.7 Å². The van der Waals surface area contributed by atoms with Gasteiger partial charge in [0.2, 0.25) is 0 Å². The number of phenols is 1. The lowest BCUT2D eigenvalue weighted by molar-refractivity contribution is -0.140. The highest BCUT2D eigenvalue weighted by molar-refractivity contribution is 5.89. The van der Waals surface area contributed by atoms with E-state index in [1.54, 1.807) is 14.7 Å². The first-order chi connectivity index (χ1) is 17.1. The Hall–Kier alpha value is -3.26. The molecule has 1 aromatic rings. The predicted molar refractivity (Wildman–Crippen MR) is 127 cm³/mol. The Bertz CT molecular complexity index is 895. The van der Waals surface area contributed by atoms with E-state index in [0.29, 0.717) is 57.9 Å². The number of aliphatic carboxylic acids is 3. The number of hydrogen-bond donors (Lipinski definition) is 4. The molecule has 13 nitrogen and oxygen atoms in total. The van der Waals surface area contributed by atoms with Crippen molar-refractivity contribution in [1.29, 1.82) is 0 Å². The summed E-state index contributed by atoms with van der Waals surface area (Å²) >= 11 is 0. The highest BCUT2D eigenvalue weighted by Crippen LogP contribution is 2.21. The van der Waals surface area contributed by atoms with Crippen molar-refractivity contribution in [3.63, 3.8) is 0 Å². The Morgan fingerprint density at radius 2 is 1.11 bits per heavy atom. The van der Waals surface area contributed by atoms with Crippen LogP contribution in [0, 0.1) is 0 Å². The maximum atomic E-state index is 11.9. The molecule has 1 aromatic carbocycles. The number of carboxylic acid groups (broad SMARTS) is 3. The zero-order valence-electron chi connectivity index (χ0n) is 20.3. The number of benzene rings is 1. The minimum Gasteiger partial charge on any atom is -0.508 e. The number of methoxy groups -OCH3 is 1. The fourth-order valence-corrected chi connectivity index (χ4v) is 3.98. The third-order valence-electron chi connectivity index (χ3n) is 5.90. The molecule has 13 heteroatoms. The van der Waals surface area contributed by atoms with Crippen molar-refractivity contribution in [3.8, 4) is 5.75 Å². The minimum absolute atomic E-state index is 0.0112. The van der Waals surface area contributed by atoms with E-state index in [-0.39, 0.29) is 37.5 Å². The summed E-state index contributed by atoms with van der Waals surface area (Å²) in [4.78, 5) is 53.0. The normalized spacial score (nSPS) is 17.6.